The minimum Gasteiger partial charge on any atom is -0.455 e. The van der Waals surface area contributed by atoms with E-state index >= 15 is 0 Å². The Hall–Kier alpha value is -2.14. The van der Waals surface area contributed by atoms with Crippen molar-refractivity contribution in [2.45, 2.75) is 37.8 Å². The molecule has 1 aliphatic rings. The minimum atomic E-state index is -4.55. The molecule has 7 nitrogen and oxygen atoms in total. The third-order valence-electron chi connectivity index (χ3n) is 4.73. The van der Waals surface area contributed by atoms with Gasteiger partial charge in [-0.05, 0) is 49.9 Å². The van der Waals surface area contributed by atoms with E-state index in [0.717, 1.165) is 11.1 Å². The molecule has 0 bridgehead atoms. The van der Waals surface area contributed by atoms with E-state index in [-0.39, 0.29) is 30.8 Å². The maximum Gasteiger partial charge on any atom is 0.405 e. The number of carbonyl (C=O) groups is 2. The molecule has 1 N–H and O–H groups in total. The van der Waals surface area contributed by atoms with E-state index in [9.17, 15) is 31.2 Å². The lowest BCUT2D eigenvalue weighted by Gasteiger charge is -2.30. The lowest BCUT2D eigenvalue weighted by molar-refractivity contribution is -0.155. The van der Waals surface area contributed by atoms with E-state index in [2.05, 4.69) is 0 Å². The van der Waals surface area contributed by atoms with Crippen molar-refractivity contribution in [1.29, 1.82) is 0 Å². The summed E-state index contributed by atoms with van der Waals surface area (Å²) >= 11 is 0. The molecule has 1 saturated heterocycles. The number of hydrogen-bond donors (Lipinski definition) is 1. The zero-order valence-electron chi connectivity index (χ0n) is 16.1. The van der Waals surface area contributed by atoms with Crippen molar-refractivity contribution in [2.75, 3.05) is 26.2 Å². The molecule has 0 unspecified atom stereocenters. The minimum absolute atomic E-state index is 0.106. The van der Waals surface area contributed by atoms with Gasteiger partial charge in [0, 0.05) is 13.1 Å². The van der Waals surface area contributed by atoms with Gasteiger partial charge in [-0.2, -0.15) is 17.5 Å². The summed E-state index contributed by atoms with van der Waals surface area (Å²) in [5, 5.41) is 1.61. The van der Waals surface area contributed by atoms with E-state index in [1.54, 1.807) is 17.4 Å². The fraction of sp³-hybridized carbons (Fsp3) is 0.556. The summed E-state index contributed by atoms with van der Waals surface area (Å²) in [6.45, 7) is 1.60. The van der Waals surface area contributed by atoms with Gasteiger partial charge in [0.1, 0.15) is 6.54 Å². The monoisotopic (exact) mass is 436 g/mol. The average molecular weight is 436 g/mol. The number of carbonyl (C=O) groups excluding carboxylic acids is 2. The van der Waals surface area contributed by atoms with Gasteiger partial charge in [-0.15, -0.1) is 0 Å². The van der Waals surface area contributed by atoms with Crippen molar-refractivity contribution in [3.05, 3.63) is 29.3 Å². The predicted molar refractivity (Wildman–Crippen MR) is 97.4 cm³/mol. The third kappa shape index (κ3) is 6.43. The van der Waals surface area contributed by atoms with Crippen LogP contribution >= 0.6 is 0 Å². The topological polar surface area (TPSA) is 92.8 Å². The Balaban J connectivity index is 1.85. The first-order valence-corrected chi connectivity index (χ1v) is 10.4. The molecule has 162 valence electrons. The van der Waals surface area contributed by atoms with Crippen LogP contribution in [0, 0.1) is 19.8 Å². The number of piperidine rings is 1. The van der Waals surface area contributed by atoms with Crippen LogP contribution in [0.25, 0.3) is 0 Å². The van der Waals surface area contributed by atoms with E-state index < -0.39 is 47.1 Å². The van der Waals surface area contributed by atoms with E-state index in [1.807, 2.05) is 13.8 Å². The van der Waals surface area contributed by atoms with Gasteiger partial charge in [0.15, 0.2) is 6.61 Å². The molecule has 1 fully saturated rings. The number of nitrogens with zero attached hydrogens (tertiary/aromatic N) is 1. The normalized spacial score (nSPS) is 16.4. The molecule has 0 aliphatic carbocycles. The highest BCUT2D eigenvalue weighted by molar-refractivity contribution is 7.89. The van der Waals surface area contributed by atoms with E-state index in [0.29, 0.717) is 0 Å². The summed E-state index contributed by atoms with van der Waals surface area (Å²) in [5.41, 5.74) is 1.83. The maximum absolute atomic E-state index is 12.8. The number of benzene rings is 1. The van der Waals surface area contributed by atoms with Crippen molar-refractivity contribution in [3.63, 3.8) is 0 Å². The zero-order valence-corrected chi connectivity index (χ0v) is 16.9. The Morgan fingerprint density at radius 2 is 1.79 bits per heavy atom. The second-order valence-corrected chi connectivity index (χ2v) is 8.86. The number of aryl methyl sites for hydroxylation is 2. The summed E-state index contributed by atoms with van der Waals surface area (Å²) in [4.78, 5) is 23.5. The first-order chi connectivity index (χ1) is 13.4. The lowest BCUT2D eigenvalue weighted by Crippen LogP contribution is -2.41. The maximum atomic E-state index is 12.8. The summed E-state index contributed by atoms with van der Waals surface area (Å²) in [5.74, 6) is -2.39. The molecular weight excluding hydrogens is 413 g/mol. The number of hydrogen-bond acceptors (Lipinski definition) is 5. The molecule has 1 amide bonds. The molecule has 1 aromatic rings. The van der Waals surface area contributed by atoms with Gasteiger partial charge in [0.2, 0.25) is 10.0 Å². The SMILES string of the molecule is Cc1ccc(S(=O)(=O)N2CCC(C(=O)OCC(=O)NCC(F)(F)F)CC2)cc1C. The van der Waals surface area contributed by atoms with Gasteiger partial charge in [-0.25, -0.2) is 8.42 Å². The third-order valence-corrected chi connectivity index (χ3v) is 6.63. The van der Waals surface area contributed by atoms with Crippen LogP contribution < -0.4 is 5.32 Å². The van der Waals surface area contributed by atoms with Crippen LogP contribution in [0.1, 0.15) is 24.0 Å². The van der Waals surface area contributed by atoms with Crippen LogP contribution in [0.3, 0.4) is 0 Å². The number of esters is 1. The standard InChI is InChI=1S/C18H23F3N2O5S/c1-12-3-4-15(9-13(12)2)29(26,27)23-7-5-14(6-8-23)17(25)28-10-16(24)22-11-18(19,20)21/h3-4,9,14H,5-8,10-11H2,1-2H3,(H,22,24). The van der Waals surface area contributed by atoms with Crippen molar-refractivity contribution in [1.82, 2.24) is 9.62 Å². The van der Waals surface area contributed by atoms with Crippen molar-refractivity contribution < 1.29 is 35.9 Å². The number of halogens is 3. The van der Waals surface area contributed by atoms with Gasteiger partial charge in [0.05, 0.1) is 10.8 Å². The quantitative estimate of drug-likeness (QED) is 0.688. The molecule has 1 heterocycles. The van der Waals surface area contributed by atoms with Crippen LogP contribution in [0.5, 0.6) is 0 Å². The molecular formula is C18H23F3N2O5S. The number of rotatable bonds is 6. The molecule has 1 aliphatic heterocycles. The van der Waals surface area contributed by atoms with Crippen LogP contribution in [-0.4, -0.2) is 57.0 Å². The fourth-order valence-corrected chi connectivity index (χ4v) is 4.42. The van der Waals surface area contributed by atoms with E-state index in [4.69, 9.17) is 4.74 Å². The molecule has 11 heteroatoms. The van der Waals surface area contributed by atoms with Gasteiger partial charge >= 0.3 is 12.1 Å². The second-order valence-electron chi connectivity index (χ2n) is 6.92. The molecule has 29 heavy (non-hydrogen) atoms. The van der Waals surface area contributed by atoms with Gasteiger partial charge in [-0.3, -0.25) is 9.59 Å². The number of ether oxygens (including phenoxy) is 1. The van der Waals surface area contributed by atoms with Gasteiger partial charge in [0.25, 0.3) is 5.91 Å². The average Bonchev–Trinajstić information content (AvgIpc) is 2.66. The fourth-order valence-electron chi connectivity index (χ4n) is 2.86. The number of amides is 1. The molecule has 0 aromatic heterocycles. The molecule has 0 atom stereocenters. The van der Waals surface area contributed by atoms with Crippen molar-refractivity contribution >= 4 is 21.9 Å². The summed E-state index contributed by atoms with van der Waals surface area (Å²) in [6, 6.07) is 4.87. The number of sulfonamides is 1. The van der Waals surface area contributed by atoms with Crippen LogP contribution in [0.2, 0.25) is 0 Å². The highest BCUT2D eigenvalue weighted by Gasteiger charge is 2.33. The Labute approximate surface area is 167 Å². The van der Waals surface area contributed by atoms with Crippen LogP contribution in [-0.2, 0) is 24.3 Å². The molecule has 1 aromatic carbocycles. The number of nitrogens with one attached hydrogen (secondary N) is 1. The van der Waals surface area contributed by atoms with Crippen molar-refractivity contribution in [2.24, 2.45) is 5.92 Å². The smallest absolute Gasteiger partial charge is 0.405 e. The lowest BCUT2D eigenvalue weighted by atomic mass is 9.98. The first-order valence-electron chi connectivity index (χ1n) is 8.97. The molecule has 0 radical (unpaired) electrons. The summed E-state index contributed by atoms with van der Waals surface area (Å²) in [6.07, 6.45) is -4.14. The Morgan fingerprint density at radius 3 is 2.34 bits per heavy atom. The summed E-state index contributed by atoms with van der Waals surface area (Å²) < 4.78 is 67.6. The van der Waals surface area contributed by atoms with Gasteiger partial charge < -0.3 is 10.1 Å². The van der Waals surface area contributed by atoms with Crippen molar-refractivity contribution in [3.8, 4) is 0 Å². The highest BCUT2D eigenvalue weighted by atomic mass is 32.2. The van der Waals surface area contributed by atoms with Gasteiger partial charge in [-0.1, -0.05) is 6.07 Å². The predicted octanol–water partition coefficient (Wildman–Crippen LogP) is 1.93. The van der Waals surface area contributed by atoms with Crippen LogP contribution in [0.15, 0.2) is 23.1 Å². The Bertz CT molecular complexity index is 863. The molecule has 0 spiro atoms. The molecule has 0 saturated carbocycles. The zero-order chi connectivity index (χ0) is 21.8. The Morgan fingerprint density at radius 1 is 1.17 bits per heavy atom. The molecule has 2 rings (SSSR count). The first kappa shape index (κ1) is 23.1. The Kier molecular flexibility index (Phi) is 7.28. The number of alkyl halides is 3. The van der Waals surface area contributed by atoms with E-state index in [1.165, 1.54) is 10.4 Å². The highest BCUT2D eigenvalue weighted by Crippen LogP contribution is 2.25. The second kappa shape index (κ2) is 9.12. The summed E-state index contributed by atoms with van der Waals surface area (Å²) in [7, 11) is -3.69. The van der Waals surface area contributed by atoms with Crippen LogP contribution in [0.4, 0.5) is 13.2 Å². The largest absolute Gasteiger partial charge is 0.455 e.